The Balaban J connectivity index is 1.21. The molecule has 4 rings (SSSR count). The summed E-state index contributed by atoms with van der Waals surface area (Å²) in [6.45, 7) is 9.62. The third-order valence-corrected chi connectivity index (χ3v) is 6.55. The normalized spacial score (nSPS) is 24.6. The van der Waals surface area contributed by atoms with Crippen molar-refractivity contribution in [3.63, 3.8) is 0 Å². The number of likely N-dealkylation sites (tertiary alicyclic amines) is 2. The van der Waals surface area contributed by atoms with E-state index in [9.17, 15) is 0 Å². The predicted molar refractivity (Wildman–Crippen MR) is 113 cm³/mol. The minimum Gasteiger partial charge on any atom is -0.494 e. The third-order valence-electron chi connectivity index (χ3n) is 6.55. The predicted octanol–water partition coefficient (Wildman–Crippen LogP) is 4.01. The van der Waals surface area contributed by atoms with Crippen LogP contribution in [0, 0.1) is 0 Å². The molecule has 0 N–H and O–H groups in total. The van der Waals surface area contributed by atoms with Crippen LogP contribution in [-0.2, 0) is 0 Å². The fourth-order valence-corrected chi connectivity index (χ4v) is 5.02. The van der Waals surface area contributed by atoms with E-state index in [1.807, 2.05) is 0 Å². The van der Waals surface area contributed by atoms with E-state index in [1.165, 1.54) is 96.4 Å². The summed E-state index contributed by atoms with van der Waals surface area (Å²) in [7, 11) is 0. The zero-order valence-electron chi connectivity index (χ0n) is 17.0. The summed E-state index contributed by atoms with van der Waals surface area (Å²) < 4.78 is 6.00. The van der Waals surface area contributed by atoms with Crippen LogP contribution >= 0.6 is 0 Å². The Bertz CT molecular complexity index is 549. The van der Waals surface area contributed by atoms with E-state index in [4.69, 9.17) is 4.74 Å². The van der Waals surface area contributed by atoms with Gasteiger partial charge in [0.2, 0.25) is 0 Å². The third kappa shape index (κ3) is 5.39. The number of hydrogen-bond acceptors (Lipinski definition) is 4. The minimum atomic E-state index is 0.694. The van der Waals surface area contributed by atoms with Crippen molar-refractivity contribution in [2.45, 2.75) is 57.4 Å². The highest BCUT2D eigenvalue weighted by Crippen LogP contribution is 2.28. The summed E-state index contributed by atoms with van der Waals surface area (Å²) in [6, 6.07) is 9.56. The topological polar surface area (TPSA) is 19.0 Å². The van der Waals surface area contributed by atoms with Crippen molar-refractivity contribution in [2.75, 3.05) is 57.3 Å². The van der Waals surface area contributed by atoms with E-state index in [0.29, 0.717) is 6.04 Å². The van der Waals surface area contributed by atoms with Crippen LogP contribution in [0.25, 0.3) is 0 Å². The Hall–Kier alpha value is -1.26. The molecule has 0 bridgehead atoms. The van der Waals surface area contributed by atoms with E-state index in [1.54, 1.807) is 0 Å². The van der Waals surface area contributed by atoms with Gasteiger partial charge in [0.1, 0.15) is 5.75 Å². The summed E-state index contributed by atoms with van der Waals surface area (Å²) in [5.41, 5.74) is 1.37. The van der Waals surface area contributed by atoms with Crippen molar-refractivity contribution in [1.82, 2.24) is 9.80 Å². The average Bonchev–Trinajstić information content (AvgIpc) is 3.39. The van der Waals surface area contributed by atoms with Gasteiger partial charge in [0.15, 0.2) is 0 Å². The molecule has 4 heteroatoms. The molecular weight excluding hydrogens is 334 g/mol. The van der Waals surface area contributed by atoms with Crippen LogP contribution in [0.15, 0.2) is 24.3 Å². The highest BCUT2D eigenvalue weighted by Gasteiger charge is 2.27. The molecule has 3 aliphatic heterocycles. The van der Waals surface area contributed by atoms with E-state index >= 15 is 0 Å². The minimum absolute atomic E-state index is 0.694. The van der Waals surface area contributed by atoms with Crippen molar-refractivity contribution in [3.8, 4) is 5.75 Å². The number of anilines is 1. The van der Waals surface area contributed by atoms with Crippen LogP contribution in [0.2, 0.25) is 0 Å². The first kappa shape index (κ1) is 19.1. The summed E-state index contributed by atoms with van der Waals surface area (Å²) in [6.07, 6.45) is 10.7. The maximum absolute atomic E-state index is 6.00. The number of benzene rings is 1. The molecule has 0 amide bonds. The molecule has 4 nitrogen and oxygen atoms in total. The molecule has 0 aromatic heterocycles. The molecule has 0 aliphatic carbocycles. The maximum Gasteiger partial charge on any atom is 0.119 e. The first-order valence-corrected chi connectivity index (χ1v) is 11.3. The Labute approximate surface area is 165 Å². The Kier molecular flexibility index (Phi) is 6.92. The van der Waals surface area contributed by atoms with Gasteiger partial charge in [0, 0.05) is 31.4 Å². The number of nitrogens with zero attached hydrogens (tertiary/aromatic N) is 3. The Morgan fingerprint density at radius 1 is 0.778 bits per heavy atom. The number of piperidine rings is 1. The average molecular weight is 372 g/mol. The van der Waals surface area contributed by atoms with Gasteiger partial charge in [-0.25, -0.2) is 0 Å². The second-order valence-electron chi connectivity index (χ2n) is 8.60. The number of rotatable bonds is 8. The summed E-state index contributed by atoms with van der Waals surface area (Å²) in [5.74, 6) is 1.02. The van der Waals surface area contributed by atoms with Crippen LogP contribution in [0.3, 0.4) is 0 Å². The van der Waals surface area contributed by atoms with E-state index in [-0.39, 0.29) is 0 Å². The monoisotopic (exact) mass is 371 g/mol. The lowest BCUT2D eigenvalue weighted by atomic mass is 10.1. The van der Waals surface area contributed by atoms with Gasteiger partial charge in [-0.2, -0.15) is 0 Å². The van der Waals surface area contributed by atoms with Gasteiger partial charge in [0.25, 0.3) is 0 Å². The van der Waals surface area contributed by atoms with Gasteiger partial charge in [-0.05, 0) is 95.4 Å². The van der Waals surface area contributed by atoms with E-state index < -0.39 is 0 Å². The molecule has 150 valence electrons. The summed E-state index contributed by atoms with van der Waals surface area (Å²) in [4.78, 5) is 7.87. The largest absolute Gasteiger partial charge is 0.494 e. The molecule has 0 unspecified atom stereocenters. The maximum atomic E-state index is 6.00. The zero-order chi connectivity index (χ0) is 18.3. The fourth-order valence-electron chi connectivity index (χ4n) is 5.02. The van der Waals surface area contributed by atoms with Crippen LogP contribution in [0.4, 0.5) is 5.69 Å². The lowest BCUT2D eigenvalue weighted by Gasteiger charge is -2.30. The van der Waals surface area contributed by atoms with Gasteiger partial charge in [-0.15, -0.1) is 0 Å². The number of ether oxygens (including phenoxy) is 1. The van der Waals surface area contributed by atoms with Gasteiger partial charge in [-0.3, -0.25) is 0 Å². The molecule has 3 aliphatic rings. The van der Waals surface area contributed by atoms with Gasteiger partial charge < -0.3 is 19.4 Å². The molecule has 1 atom stereocenters. The SMILES string of the molecule is c1cc(N2CCC[C@H]2CN2CCCC2)ccc1OCCCN1CCCCC1. The molecular formula is C23H37N3O. The molecule has 0 radical (unpaired) electrons. The van der Waals surface area contributed by atoms with Crippen LogP contribution in [-0.4, -0.2) is 68.3 Å². The second-order valence-corrected chi connectivity index (χ2v) is 8.60. The molecule has 3 heterocycles. The van der Waals surface area contributed by atoms with Crippen LogP contribution in [0.5, 0.6) is 5.75 Å². The first-order chi connectivity index (χ1) is 13.4. The molecule has 1 aromatic rings. The lowest BCUT2D eigenvalue weighted by molar-refractivity contribution is 0.205. The molecule has 3 fully saturated rings. The first-order valence-electron chi connectivity index (χ1n) is 11.3. The van der Waals surface area contributed by atoms with Crippen molar-refractivity contribution in [2.24, 2.45) is 0 Å². The molecule has 27 heavy (non-hydrogen) atoms. The molecule has 0 saturated carbocycles. The summed E-state index contributed by atoms with van der Waals surface area (Å²) >= 11 is 0. The van der Waals surface area contributed by atoms with Gasteiger partial charge in [-0.1, -0.05) is 6.42 Å². The zero-order valence-corrected chi connectivity index (χ0v) is 17.0. The van der Waals surface area contributed by atoms with Crippen molar-refractivity contribution >= 4 is 5.69 Å². The van der Waals surface area contributed by atoms with Gasteiger partial charge >= 0.3 is 0 Å². The Morgan fingerprint density at radius 2 is 1.48 bits per heavy atom. The summed E-state index contributed by atoms with van der Waals surface area (Å²) in [5, 5.41) is 0. The lowest BCUT2D eigenvalue weighted by Crippen LogP contribution is -2.39. The van der Waals surface area contributed by atoms with Gasteiger partial charge in [0.05, 0.1) is 6.61 Å². The molecule has 1 aromatic carbocycles. The standard InChI is InChI=1S/C23H37N3O/c1-2-13-24(14-3-1)17-7-19-27-23-11-9-21(10-12-23)26-18-6-8-22(26)20-25-15-4-5-16-25/h9-12,22H,1-8,13-20H2/t22-/m0/s1. The number of hydrogen-bond donors (Lipinski definition) is 0. The van der Waals surface area contributed by atoms with Crippen molar-refractivity contribution in [1.29, 1.82) is 0 Å². The Morgan fingerprint density at radius 3 is 2.26 bits per heavy atom. The van der Waals surface area contributed by atoms with E-state index in [2.05, 4.69) is 39.0 Å². The van der Waals surface area contributed by atoms with Crippen molar-refractivity contribution in [3.05, 3.63) is 24.3 Å². The molecule has 3 saturated heterocycles. The quantitative estimate of drug-likeness (QED) is 0.643. The highest BCUT2D eigenvalue weighted by atomic mass is 16.5. The van der Waals surface area contributed by atoms with Crippen LogP contribution in [0.1, 0.15) is 51.4 Å². The van der Waals surface area contributed by atoms with E-state index in [0.717, 1.165) is 18.8 Å². The smallest absolute Gasteiger partial charge is 0.119 e. The van der Waals surface area contributed by atoms with Crippen LogP contribution < -0.4 is 9.64 Å². The highest BCUT2D eigenvalue weighted by molar-refractivity contribution is 5.51. The fraction of sp³-hybridized carbons (Fsp3) is 0.739. The second kappa shape index (κ2) is 9.79. The molecule has 0 spiro atoms. The van der Waals surface area contributed by atoms with Crippen molar-refractivity contribution < 1.29 is 4.74 Å².